The van der Waals surface area contributed by atoms with Crippen molar-refractivity contribution in [3.63, 3.8) is 0 Å². The van der Waals surface area contributed by atoms with Crippen LogP contribution in [-0.2, 0) is 16.2 Å². The summed E-state index contributed by atoms with van der Waals surface area (Å²) in [6, 6.07) is 46.8. The zero-order valence-corrected chi connectivity index (χ0v) is 27.3. The van der Waals surface area contributed by atoms with E-state index in [1.165, 1.54) is 11.8 Å². The maximum absolute atomic E-state index is 13.5. The number of nitrogens with one attached hydrogen (secondary N) is 3. The molecule has 0 saturated carbocycles. The Balaban J connectivity index is 1.09. The first-order valence-electron chi connectivity index (χ1n) is 15.7. The van der Waals surface area contributed by atoms with E-state index < -0.39 is 11.8 Å². The summed E-state index contributed by atoms with van der Waals surface area (Å²) in [7, 11) is 0. The van der Waals surface area contributed by atoms with Crippen LogP contribution in [0.1, 0.15) is 21.5 Å². The van der Waals surface area contributed by atoms with Gasteiger partial charge in [-0.3, -0.25) is 14.4 Å². The van der Waals surface area contributed by atoms with E-state index in [1.807, 2.05) is 115 Å². The zero-order valence-electron chi connectivity index (χ0n) is 26.5. The fourth-order valence-electron chi connectivity index (χ4n) is 5.01. The van der Waals surface area contributed by atoms with Crippen LogP contribution in [0, 0.1) is 0 Å². The van der Waals surface area contributed by atoms with Gasteiger partial charge < -0.3 is 20.7 Å². The molecule has 0 atom stereocenters. The second kappa shape index (κ2) is 16.1. The normalized spacial score (nSPS) is 11.1. The minimum Gasteiger partial charge on any atom is -0.489 e. The number of hydrogen-bond donors (Lipinski definition) is 3. The molecule has 0 bridgehead atoms. The highest BCUT2D eigenvalue weighted by Gasteiger charge is 2.15. The van der Waals surface area contributed by atoms with Crippen molar-refractivity contribution in [1.82, 2.24) is 5.32 Å². The monoisotopic (exact) mass is 663 g/mol. The van der Waals surface area contributed by atoms with Crippen LogP contribution < -0.4 is 20.7 Å². The Labute approximate surface area is 289 Å². The van der Waals surface area contributed by atoms with Crippen molar-refractivity contribution < 1.29 is 19.1 Å². The van der Waals surface area contributed by atoms with Crippen LogP contribution in [0.25, 0.3) is 16.8 Å². The summed E-state index contributed by atoms with van der Waals surface area (Å²) in [4.78, 5) is 40.1. The fraction of sp³-hybridized carbons (Fsp3) is 0.0488. The third-order valence-electron chi connectivity index (χ3n) is 7.51. The smallest absolute Gasteiger partial charge is 0.272 e. The highest BCUT2D eigenvalue weighted by molar-refractivity contribution is 8.00. The lowest BCUT2D eigenvalue weighted by molar-refractivity contribution is -0.114. The summed E-state index contributed by atoms with van der Waals surface area (Å²) in [5.41, 5.74) is 3.59. The van der Waals surface area contributed by atoms with Crippen molar-refractivity contribution >= 4 is 57.7 Å². The van der Waals surface area contributed by atoms with E-state index in [9.17, 15) is 14.4 Å². The number of amides is 3. The van der Waals surface area contributed by atoms with Crippen LogP contribution >= 0.6 is 11.8 Å². The SMILES string of the molecule is O=C(CSc1ccc(NC(=O)/C(=C/c2ccc(OCc3ccccc3)cc2)NC(=O)c2ccccc2)cc1)Nc1cccc2ccccc12. The Kier molecular flexibility index (Phi) is 10.8. The molecule has 6 aromatic rings. The standard InChI is InChI=1S/C41H33N3O4S/c45-39(43-37-17-9-15-31-12-7-8-16-36(31)37)28-49-35-24-20-33(21-25-35)42-41(47)38(44-40(46)32-13-5-2-6-14-32)26-29-18-22-34(23-19-29)48-27-30-10-3-1-4-11-30/h1-26H,27-28H2,(H,42,47)(H,43,45)(H,44,46)/b38-26-. The van der Waals surface area contributed by atoms with E-state index in [2.05, 4.69) is 16.0 Å². The van der Waals surface area contributed by atoms with Crippen LogP contribution in [0.3, 0.4) is 0 Å². The van der Waals surface area contributed by atoms with E-state index in [-0.39, 0.29) is 17.4 Å². The van der Waals surface area contributed by atoms with Gasteiger partial charge in [0, 0.05) is 27.2 Å². The summed E-state index contributed by atoms with van der Waals surface area (Å²) in [6.45, 7) is 0.437. The summed E-state index contributed by atoms with van der Waals surface area (Å²) in [6.07, 6.45) is 1.62. The predicted octanol–water partition coefficient (Wildman–Crippen LogP) is 8.56. The van der Waals surface area contributed by atoms with Crippen molar-refractivity contribution in [3.05, 3.63) is 174 Å². The lowest BCUT2D eigenvalue weighted by atomic mass is 10.1. The predicted molar refractivity (Wildman–Crippen MR) is 197 cm³/mol. The van der Waals surface area contributed by atoms with Gasteiger partial charge in [-0.1, -0.05) is 97.1 Å². The van der Waals surface area contributed by atoms with Gasteiger partial charge >= 0.3 is 0 Å². The van der Waals surface area contributed by atoms with Gasteiger partial charge in [0.1, 0.15) is 18.1 Å². The molecular weight excluding hydrogens is 631 g/mol. The maximum Gasteiger partial charge on any atom is 0.272 e. The Morgan fingerprint density at radius 1 is 0.653 bits per heavy atom. The second-order valence-electron chi connectivity index (χ2n) is 11.1. The second-order valence-corrected chi connectivity index (χ2v) is 12.1. The molecule has 6 rings (SSSR count). The first-order chi connectivity index (χ1) is 24.0. The minimum atomic E-state index is -0.483. The third-order valence-corrected chi connectivity index (χ3v) is 8.53. The number of benzene rings is 6. The number of carbonyl (C=O) groups excluding carboxylic acids is 3. The van der Waals surface area contributed by atoms with Crippen LogP contribution in [0.5, 0.6) is 5.75 Å². The maximum atomic E-state index is 13.5. The average molecular weight is 664 g/mol. The molecule has 6 aromatic carbocycles. The number of carbonyl (C=O) groups is 3. The Bertz CT molecular complexity index is 2080. The van der Waals surface area contributed by atoms with E-state index >= 15 is 0 Å². The molecule has 3 amide bonds. The van der Waals surface area contributed by atoms with Gasteiger partial charge in [0.25, 0.3) is 11.8 Å². The minimum absolute atomic E-state index is 0.0790. The van der Waals surface area contributed by atoms with Gasteiger partial charge in [-0.15, -0.1) is 11.8 Å². The lowest BCUT2D eigenvalue weighted by Crippen LogP contribution is -2.30. The number of anilines is 2. The van der Waals surface area contributed by atoms with Crippen molar-refractivity contribution in [3.8, 4) is 5.75 Å². The Morgan fingerprint density at radius 3 is 2.08 bits per heavy atom. The third kappa shape index (κ3) is 9.24. The van der Waals surface area contributed by atoms with Gasteiger partial charge in [-0.25, -0.2) is 0 Å². The Morgan fingerprint density at radius 2 is 1.33 bits per heavy atom. The summed E-state index contributed by atoms with van der Waals surface area (Å²) < 4.78 is 5.89. The summed E-state index contributed by atoms with van der Waals surface area (Å²) in [5, 5.41) is 10.7. The van der Waals surface area contributed by atoms with Crippen LogP contribution in [0.4, 0.5) is 11.4 Å². The topological polar surface area (TPSA) is 96.5 Å². The molecule has 242 valence electrons. The molecule has 0 heterocycles. The average Bonchev–Trinajstić information content (AvgIpc) is 3.15. The fourth-order valence-corrected chi connectivity index (χ4v) is 5.71. The van der Waals surface area contributed by atoms with Gasteiger partial charge in [0.15, 0.2) is 0 Å². The van der Waals surface area contributed by atoms with E-state index in [0.29, 0.717) is 29.2 Å². The van der Waals surface area contributed by atoms with Crippen molar-refractivity contribution in [2.45, 2.75) is 11.5 Å². The molecule has 3 N–H and O–H groups in total. The largest absolute Gasteiger partial charge is 0.489 e. The molecular formula is C41H33N3O4S. The number of hydrogen-bond acceptors (Lipinski definition) is 5. The molecule has 0 aromatic heterocycles. The van der Waals surface area contributed by atoms with Gasteiger partial charge in [0.05, 0.1) is 5.75 Å². The highest BCUT2D eigenvalue weighted by Crippen LogP contribution is 2.25. The quantitative estimate of drug-likeness (QED) is 0.0901. The van der Waals surface area contributed by atoms with E-state index in [4.69, 9.17) is 4.74 Å². The van der Waals surface area contributed by atoms with Crippen LogP contribution in [0.2, 0.25) is 0 Å². The molecule has 7 nitrogen and oxygen atoms in total. The number of thioether (sulfide) groups is 1. The van der Waals surface area contributed by atoms with Gasteiger partial charge in [-0.05, 0) is 77.2 Å². The summed E-state index contributed by atoms with van der Waals surface area (Å²) >= 11 is 1.39. The number of fused-ring (bicyclic) bond motifs is 1. The molecule has 0 fully saturated rings. The van der Waals surface area contributed by atoms with Crippen molar-refractivity contribution in [2.75, 3.05) is 16.4 Å². The lowest BCUT2D eigenvalue weighted by Gasteiger charge is -2.12. The molecule has 0 radical (unpaired) electrons. The van der Waals surface area contributed by atoms with E-state index in [1.54, 1.807) is 42.5 Å². The van der Waals surface area contributed by atoms with Gasteiger partial charge in [0.2, 0.25) is 5.91 Å². The molecule has 0 spiro atoms. The highest BCUT2D eigenvalue weighted by atomic mass is 32.2. The number of ether oxygens (including phenoxy) is 1. The molecule has 0 aliphatic carbocycles. The molecule has 0 aliphatic rings. The first kappa shape index (κ1) is 32.8. The molecule has 0 aliphatic heterocycles. The first-order valence-corrected chi connectivity index (χ1v) is 16.7. The molecule has 0 unspecified atom stereocenters. The Hall–Kier alpha value is -6.12. The molecule has 49 heavy (non-hydrogen) atoms. The van der Waals surface area contributed by atoms with Crippen LogP contribution in [0.15, 0.2) is 162 Å². The van der Waals surface area contributed by atoms with Crippen molar-refractivity contribution in [1.29, 1.82) is 0 Å². The molecule has 8 heteroatoms. The summed E-state index contributed by atoms with van der Waals surface area (Å²) in [5.74, 6) is -0.0895. The van der Waals surface area contributed by atoms with Gasteiger partial charge in [-0.2, -0.15) is 0 Å². The van der Waals surface area contributed by atoms with Crippen LogP contribution in [-0.4, -0.2) is 23.5 Å². The van der Waals surface area contributed by atoms with Crippen molar-refractivity contribution in [2.24, 2.45) is 0 Å². The van der Waals surface area contributed by atoms with E-state index in [0.717, 1.165) is 26.9 Å². The molecule has 0 saturated heterocycles. The zero-order chi connectivity index (χ0) is 33.8. The number of rotatable bonds is 12.